The summed E-state index contributed by atoms with van der Waals surface area (Å²) < 4.78 is 0. The Hall–Kier alpha value is -0.610. The summed E-state index contributed by atoms with van der Waals surface area (Å²) in [6, 6.07) is 0.799. The summed E-state index contributed by atoms with van der Waals surface area (Å²) in [6.07, 6.45) is 4.11. The molecular weight excluding hydrogens is 190 g/mol. The average Bonchev–Trinajstić information content (AvgIpc) is 2.77. The Morgan fingerprint density at radius 2 is 2.40 bits per heavy atom. The van der Waals surface area contributed by atoms with Crippen LogP contribution >= 0.6 is 0 Å². The van der Waals surface area contributed by atoms with Gasteiger partial charge in [0, 0.05) is 25.0 Å². The van der Waals surface area contributed by atoms with Gasteiger partial charge >= 0.3 is 0 Å². The second-order valence-corrected chi connectivity index (χ2v) is 4.81. The second-order valence-electron chi connectivity index (χ2n) is 4.81. The minimum absolute atomic E-state index is 0.217. The fourth-order valence-corrected chi connectivity index (χ4v) is 2.49. The molecule has 0 aliphatic carbocycles. The topological polar surface area (TPSA) is 44.4 Å². The first-order valence-electron chi connectivity index (χ1n) is 5.95. The normalized spacial score (nSPS) is 32.1. The van der Waals surface area contributed by atoms with Gasteiger partial charge < -0.3 is 15.5 Å². The van der Waals surface area contributed by atoms with Gasteiger partial charge in [-0.3, -0.25) is 4.79 Å². The second kappa shape index (κ2) is 4.94. The Bertz CT molecular complexity index is 226. The Morgan fingerprint density at radius 1 is 1.53 bits per heavy atom. The maximum atomic E-state index is 11.7. The molecular formula is C11H21N3O. The van der Waals surface area contributed by atoms with Gasteiger partial charge in [-0.15, -0.1) is 0 Å². The van der Waals surface area contributed by atoms with Crippen LogP contribution < -0.4 is 10.6 Å². The largest absolute Gasteiger partial charge is 0.352 e. The smallest absolute Gasteiger partial charge is 0.221 e. The third-order valence-electron chi connectivity index (χ3n) is 3.35. The molecule has 2 fully saturated rings. The van der Waals surface area contributed by atoms with Crippen LogP contribution in [0.3, 0.4) is 0 Å². The fourth-order valence-electron chi connectivity index (χ4n) is 2.49. The number of carbonyl (C=O) groups excluding carboxylic acids is 1. The van der Waals surface area contributed by atoms with Gasteiger partial charge in [0.1, 0.15) is 0 Å². The van der Waals surface area contributed by atoms with E-state index in [0.717, 1.165) is 32.5 Å². The number of nitrogens with one attached hydrogen (secondary N) is 2. The highest BCUT2D eigenvalue weighted by atomic mass is 16.1. The van der Waals surface area contributed by atoms with Crippen LogP contribution in [0.25, 0.3) is 0 Å². The summed E-state index contributed by atoms with van der Waals surface area (Å²) in [7, 11) is 2.10. The Kier molecular flexibility index (Phi) is 3.59. The van der Waals surface area contributed by atoms with Crippen molar-refractivity contribution < 1.29 is 4.79 Å². The van der Waals surface area contributed by atoms with Gasteiger partial charge in [-0.25, -0.2) is 0 Å². The van der Waals surface area contributed by atoms with E-state index >= 15 is 0 Å². The number of likely N-dealkylation sites (N-methyl/N-ethyl adjacent to an activating group) is 1. The van der Waals surface area contributed by atoms with Crippen molar-refractivity contribution in [2.24, 2.45) is 0 Å². The Labute approximate surface area is 91.4 Å². The lowest BCUT2D eigenvalue weighted by Crippen LogP contribution is -2.39. The van der Waals surface area contributed by atoms with Crippen molar-refractivity contribution in [3.63, 3.8) is 0 Å². The number of nitrogens with zero attached hydrogens (tertiary/aromatic N) is 1. The lowest BCUT2D eigenvalue weighted by Gasteiger charge is -2.15. The van der Waals surface area contributed by atoms with Crippen molar-refractivity contribution in [2.45, 2.75) is 37.8 Å². The minimum Gasteiger partial charge on any atom is -0.352 e. The molecule has 86 valence electrons. The molecule has 2 aliphatic rings. The molecule has 4 heteroatoms. The van der Waals surface area contributed by atoms with E-state index in [1.54, 1.807) is 0 Å². The van der Waals surface area contributed by atoms with Gasteiger partial charge in [-0.05, 0) is 39.4 Å². The molecule has 2 rings (SSSR count). The molecule has 2 heterocycles. The van der Waals surface area contributed by atoms with E-state index in [9.17, 15) is 4.79 Å². The molecule has 4 nitrogen and oxygen atoms in total. The van der Waals surface area contributed by atoms with E-state index in [1.807, 2.05) is 0 Å². The number of carbonyl (C=O) groups is 1. The molecule has 2 unspecified atom stereocenters. The van der Waals surface area contributed by atoms with Crippen LogP contribution in [-0.2, 0) is 4.79 Å². The monoisotopic (exact) mass is 211 g/mol. The average molecular weight is 211 g/mol. The number of amides is 1. The molecule has 15 heavy (non-hydrogen) atoms. The van der Waals surface area contributed by atoms with E-state index in [1.165, 1.54) is 6.42 Å². The maximum Gasteiger partial charge on any atom is 0.221 e. The van der Waals surface area contributed by atoms with Gasteiger partial charge in [0.25, 0.3) is 0 Å². The van der Waals surface area contributed by atoms with Crippen LogP contribution in [-0.4, -0.2) is 49.6 Å². The zero-order valence-corrected chi connectivity index (χ0v) is 9.46. The van der Waals surface area contributed by atoms with E-state index in [4.69, 9.17) is 0 Å². The number of rotatable bonds is 3. The molecule has 0 aromatic carbocycles. The van der Waals surface area contributed by atoms with Gasteiger partial charge in [0.2, 0.25) is 5.91 Å². The highest BCUT2D eigenvalue weighted by Crippen LogP contribution is 2.10. The predicted molar refractivity (Wildman–Crippen MR) is 59.7 cm³/mol. The third-order valence-corrected chi connectivity index (χ3v) is 3.35. The van der Waals surface area contributed by atoms with Crippen molar-refractivity contribution in [3.8, 4) is 0 Å². The molecule has 2 aliphatic heterocycles. The summed E-state index contributed by atoms with van der Waals surface area (Å²) in [5.41, 5.74) is 0. The number of likely N-dealkylation sites (tertiary alicyclic amines) is 1. The third kappa shape index (κ3) is 3.18. The number of hydrogen-bond donors (Lipinski definition) is 2. The van der Waals surface area contributed by atoms with Gasteiger partial charge in [0.05, 0.1) is 0 Å². The SMILES string of the molecule is CN1CCC(NC(=O)CC2CCCN2)C1. The number of hydrogen-bond acceptors (Lipinski definition) is 3. The van der Waals surface area contributed by atoms with Gasteiger partial charge in [-0.1, -0.05) is 0 Å². The van der Waals surface area contributed by atoms with Crippen LogP contribution in [0.5, 0.6) is 0 Å². The van der Waals surface area contributed by atoms with Gasteiger partial charge in [-0.2, -0.15) is 0 Å². The predicted octanol–water partition coefficient (Wildman–Crippen LogP) is -0.0512. The fraction of sp³-hybridized carbons (Fsp3) is 0.909. The maximum absolute atomic E-state index is 11.7. The highest BCUT2D eigenvalue weighted by molar-refractivity contribution is 5.77. The molecule has 0 aromatic rings. The molecule has 2 saturated heterocycles. The van der Waals surface area contributed by atoms with E-state index in [-0.39, 0.29) is 5.91 Å². The van der Waals surface area contributed by atoms with Crippen LogP contribution in [0.15, 0.2) is 0 Å². The zero-order chi connectivity index (χ0) is 10.7. The summed E-state index contributed by atoms with van der Waals surface area (Å²) in [5.74, 6) is 0.217. The zero-order valence-electron chi connectivity index (χ0n) is 9.46. The minimum atomic E-state index is 0.217. The first-order valence-corrected chi connectivity index (χ1v) is 5.95. The van der Waals surface area contributed by atoms with E-state index < -0.39 is 0 Å². The lowest BCUT2D eigenvalue weighted by molar-refractivity contribution is -0.122. The molecule has 1 amide bonds. The Morgan fingerprint density at radius 3 is 3.00 bits per heavy atom. The van der Waals surface area contributed by atoms with Crippen LogP contribution in [0, 0.1) is 0 Å². The summed E-state index contributed by atoms with van der Waals surface area (Å²) >= 11 is 0. The van der Waals surface area contributed by atoms with Crippen molar-refractivity contribution in [3.05, 3.63) is 0 Å². The molecule has 2 N–H and O–H groups in total. The van der Waals surface area contributed by atoms with E-state index in [0.29, 0.717) is 18.5 Å². The van der Waals surface area contributed by atoms with Crippen LogP contribution in [0.4, 0.5) is 0 Å². The molecule has 0 spiro atoms. The van der Waals surface area contributed by atoms with Crippen molar-refractivity contribution in [2.75, 3.05) is 26.7 Å². The van der Waals surface area contributed by atoms with Crippen LogP contribution in [0.1, 0.15) is 25.7 Å². The molecule has 0 aromatic heterocycles. The summed E-state index contributed by atoms with van der Waals surface area (Å²) in [6.45, 7) is 3.18. The highest BCUT2D eigenvalue weighted by Gasteiger charge is 2.23. The molecule has 0 saturated carbocycles. The summed E-state index contributed by atoms with van der Waals surface area (Å²) in [5, 5.41) is 6.47. The van der Waals surface area contributed by atoms with E-state index in [2.05, 4.69) is 22.6 Å². The van der Waals surface area contributed by atoms with Crippen molar-refractivity contribution >= 4 is 5.91 Å². The molecule has 0 bridgehead atoms. The van der Waals surface area contributed by atoms with Crippen LogP contribution in [0.2, 0.25) is 0 Å². The Balaban J connectivity index is 1.67. The molecule has 2 atom stereocenters. The van der Waals surface area contributed by atoms with Crippen molar-refractivity contribution in [1.29, 1.82) is 0 Å². The standard InChI is InChI=1S/C11H21N3O/c1-14-6-4-10(8-14)13-11(15)7-9-3-2-5-12-9/h9-10,12H,2-8H2,1H3,(H,13,15). The first-order chi connectivity index (χ1) is 7.24. The molecule has 0 radical (unpaired) electrons. The van der Waals surface area contributed by atoms with Gasteiger partial charge in [0.15, 0.2) is 0 Å². The first kappa shape index (κ1) is 10.9. The lowest BCUT2D eigenvalue weighted by atomic mass is 10.1. The summed E-state index contributed by atoms with van der Waals surface area (Å²) in [4.78, 5) is 14.0. The quantitative estimate of drug-likeness (QED) is 0.688. The van der Waals surface area contributed by atoms with Crippen molar-refractivity contribution in [1.82, 2.24) is 15.5 Å².